The van der Waals surface area contributed by atoms with E-state index in [-0.39, 0.29) is 28.9 Å². The molecule has 0 aliphatic heterocycles. The molecule has 134 valence electrons. The smallest absolute Gasteiger partial charge is 0.252 e. The topological polar surface area (TPSA) is 92.3 Å². The van der Waals surface area contributed by atoms with Crippen molar-refractivity contribution in [1.29, 1.82) is 0 Å². The maximum atomic E-state index is 11.9. The second-order valence-electron chi connectivity index (χ2n) is 5.35. The predicted octanol–water partition coefficient (Wildman–Crippen LogP) is 2.69. The highest BCUT2D eigenvalue weighted by Crippen LogP contribution is 2.15. The molecular weight excluding hydrogens is 360 g/mol. The van der Waals surface area contributed by atoms with Gasteiger partial charge in [-0.3, -0.25) is 9.59 Å². The molecular formula is C17H20N2O4S2. The Kier molecular flexibility index (Phi) is 6.72. The summed E-state index contributed by atoms with van der Waals surface area (Å²) in [6, 6.07) is 7.84. The third-order valence-corrected chi connectivity index (χ3v) is 5.96. The van der Waals surface area contributed by atoms with Gasteiger partial charge in [0.05, 0.1) is 10.6 Å². The van der Waals surface area contributed by atoms with Crippen LogP contribution in [0.1, 0.15) is 30.1 Å². The number of sulfone groups is 1. The first-order valence-corrected chi connectivity index (χ1v) is 10.4. The minimum Gasteiger partial charge on any atom is -0.352 e. The van der Waals surface area contributed by atoms with Gasteiger partial charge >= 0.3 is 0 Å². The number of carbonyl (C=O) groups is 2. The lowest BCUT2D eigenvalue weighted by Gasteiger charge is -2.07. The van der Waals surface area contributed by atoms with Crippen molar-refractivity contribution < 1.29 is 18.0 Å². The molecule has 0 aliphatic carbocycles. The maximum Gasteiger partial charge on any atom is 0.252 e. The van der Waals surface area contributed by atoms with Gasteiger partial charge in [-0.2, -0.15) is 11.3 Å². The third-order valence-electron chi connectivity index (χ3n) is 3.53. The molecule has 25 heavy (non-hydrogen) atoms. The summed E-state index contributed by atoms with van der Waals surface area (Å²) in [5.41, 5.74) is 1.17. The number of rotatable bonds is 8. The van der Waals surface area contributed by atoms with E-state index in [0.717, 1.165) is 0 Å². The molecule has 1 heterocycles. The first kappa shape index (κ1) is 19.1. The minimum absolute atomic E-state index is 0.0375. The molecule has 0 radical (unpaired) electrons. The van der Waals surface area contributed by atoms with Crippen molar-refractivity contribution in [3.05, 3.63) is 46.7 Å². The van der Waals surface area contributed by atoms with Gasteiger partial charge < -0.3 is 10.6 Å². The highest BCUT2D eigenvalue weighted by molar-refractivity contribution is 7.91. The fourth-order valence-electron chi connectivity index (χ4n) is 2.08. The fourth-order valence-corrected chi connectivity index (χ4v) is 3.60. The van der Waals surface area contributed by atoms with Gasteiger partial charge in [0.2, 0.25) is 5.91 Å². The Bertz CT molecular complexity index is 813. The first-order chi connectivity index (χ1) is 11.9. The number of anilines is 1. The molecule has 0 fully saturated rings. The van der Waals surface area contributed by atoms with Crippen molar-refractivity contribution >= 4 is 38.7 Å². The predicted molar refractivity (Wildman–Crippen MR) is 98.7 cm³/mol. The van der Waals surface area contributed by atoms with Crippen molar-refractivity contribution in [2.24, 2.45) is 0 Å². The Morgan fingerprint density at radius 1 is 1.12 bits per heavy atom. The largest absolute Gasteiger partial charge is 0.352 e. The van der Waals surface area contributed by atoms with Crippen LogP contribution in [0.2, 0.25) is 0 Å². The average molecular weight is 380 g/mol. The van der Waals surface area contributed by atoms with Crippen molar-refractivity contribution in [2.45, 2.75) is 24.7 Å². The van der Waals surface area contributed by atoms with Gasteiger partial charge in [0, 0.05) is 29.6 Å². The summed E-state index contributed by atoms with van der Waals surface area (Å²) in [4.78, 5) is 23.8. The zero-order valence-corrected chi connectivity index (χ0v) is 15.5. The SMILES string of the molecule is CCS(=O)(=O)c1ccc(NC(=O)CCCNC(=O)c2ccsc2)cc1. The van der Waals surface area contributed by atoms with E-state index in [1.54, 1.807) is 30.5 Å². The lowest BCUT2D eigenvalue weighted by atomic mass is 10.2. The summed E-state index contributed by atoms with van der Waals surface area (Å²) in [6.07, 6.45) is 0.781. The quantitative estimate of drug-likeness (QED) is 0.689. The van der Waals surface area contributed by atoms with Gasteiger partial charge in [0.15, 0.2) is 9.84 Å². The number of benzene rings is 1. The van der Waals surface area contributed by atoms with Crippen molar-refractivity contribution in [1.82, 2.24) is 5.32 Å². The van der Waals surface area contributed by atoms with Gasteiger partial charge in [-0.25, -0.2) is 8.42 Å². The standard InChI is InChI=1S/C17H20N2O4S2/c1-2-25(22,23)15-7-5-14(6-8-15)19-16(20)4-3-10-18-17(21)13-9-11-24-12-13/h5-9,11-12H,2-4,10H2,1H3,(H,18,21)(H,19,20). The molecule has 0 saturated carbocycles. The van der Waals surface area contributed by atoms with Crippen LogP contribution >= 0.6 is 11.3 Å². The number of thiophene rings is 1. The van der Waals surface area contributed by atoms with Crippen LogP contribution in [0.25, 0.3) is 0 Å². The van der Waals surface area contributed by atoms with E-state index >= 15 is 0 Å². The van der Waals surface area contributed by atoms with E-state index < -0.39 is 9.84 Å². The van der Waals surface area contributed by atoms with Gasteiger partial charge in [-0.15, -0.1) is 0 Å². The van der Waals surface area contributed by atoms with E-state index in [4.69, 9.17) is 0 Å². The van der Waals surface area contributed by atoms with E-state index in [9.17, 15) is 18.0 Å². The van der Waals surface area contributed by atoms with Gasteiger partial charge in [0.25, 0.3) is 5.91 Å². The number of hydrogen-bond donors (Lipinski definition) is 2. The van der Waals surface area contributed by atoms with Crippen molar-refractivity contribution in [3.63, 3.8) is 0 Å². The van der Waals surface area contributed by atoms with Crippen LogP contribution in [0.4, 0.5) is 5.69 Å². The van der Waals surface area contributed by atoms with Gasteiger partial charge in [-0.1, -0.05) is 6.92 Å². The normalized spacial score (nSPS) is 11.1. The molecule has 0 saturated heterocycles. The molecule has 8 heteroatoms. The highest BCUT2D eigenvalue weighted by atomic mass is 32.2. The van der Waals surface area contributed by atoms with Crippen molar-refractivity contribution in [2.75, 3.05) is 17.6 Å². The minimum atomic E-state index is -3.24. The molecule has 2 amide bonds. The van der Waals surface area contributed by atoms with E-state index in [1.807, 2.05) is 5.38 Å². The van der Waals surface area contributed by atoms with Gasteiger partial charge in [-0.05, 0) is 42.1 Å². The molecule has 0 unspecified atom stereocenters. The van der Waals surface area contributed by atoms with Crippen LogP contribution in [0.5, 0.6) is 0 Å². The number of hydrogen-bond acceptors (Lipinski definition) is 5. The second-order valence-corrected chi connectivity index (χ2v) is 8.41. The second kappa shape index (κ2) is 8.77. The van der Waals surface area contributed by atoms with Crippen LogP contribution in [0, 0.1) is 0 Å². The molecule has 0 bridgehead atoms. The third kappa shape index (κ3) is 5.68. The van der Waals surface area contributed by atoms with Crippen LogP contribution in [0.15, 0.2) is 46.0 Å². The molecule has 6 nitrogen and oxygen atoms in total. The van der Waals surface area contributed by atoms with Gasteiger partial charge in [0.1, 0.15) is 0 Å². The Hall–Kier alpha value is -2.19. The van der Waals surface area contributed by atoms with Crippen LogP contribution < -0.4 is 10.6 Å². The molecule has 2 aromatic rings. The highest BCUT2D eigenvalue weighted by Gasteiger charge is 2.11. The van der Waals surface area contributed by atoms with Crippen LogP contribution in [-0.2, 0) is 14.6 Å². The molecule has 1 aromatic carbocycles. The summed E-state index contributed by atoms with van der Waals surface area (Å²) < 4.78 is 23.5. The molecule has 0 spiro atoms. The van der Waals surface area contributed by atoms with Crippen LogP contribution in [-0.4, -0.2) is 32.5 Å². The summed E-state index contributed by atoms with van der Waals surface area (Å²) >= 11 is 1.45. The fraction of sp³-hybridized carbons (Fsp3) is 0.294. The summed E-state index contributed by atoms with van der Waals surface area (Å²) in [5, 5.41) is 9.07. The first-order valence-electron chi connectivity index (χ1n) is 7.85. The molecule has 2 rings (SSSR count). The summed E-state index contributed by atoms with van der Waals surface area (Å²) in [6.45, 7) is 2.00. The Labute approximate surface area is 151 Å². The number of amides is 2. The summed E-state index contributed by atoms with van der Waals surface area (Å²) in [5.74, 6) is -0.291. The monoisotopic (exact) mass is 380 g/mol. The molecule has 1 aromatic heterocycles. The Balaban J connectivity index is 1.74. The zero-order chi connectivity index (χ0) is 18.3. The Morgan fingerprint density at radius 2 is 1.84 bits per heavy atom. The van der Waals surface area contributed by atoms with Crippen LogP contribution in [0.3, 0.4) is 0 Å². The lowest BCUT2D eigenvalue weighted by Crippen LogP contribution is -2.25. The zero-order valence-electron chi connectivity index (χ0n) is 13.8. The number of carbonyl (C=O) groups excluding carboxylic acids is 2. The molecule has 0 aliphatic rings. The maximum absolute atomic E-state index is 11.9. The van der Waals surface area contributed by atoms with Crippen molar-refractivity contribution in [3.8, 4) is 0 Å². The summed E-state index contributed by atoms with van der Waals surface area (Å²) in [7, 11) is -3.24. The lowest BCUT2D eigenvalue weighted by molar-refractivity contribution is -0.116. The van der Waals surface area contributed by atoms with E-state index in [1.165, 1.54) is 23.5 Å². The molecule has 2 N–H and O–H groups in total. The Morgan fingerprint density at radius 3 is 2.44 bits per heavy atom. The van der Waals surface area contributed by atoms with E-state index in [0.29, 0.717) is 24.2 Å². The molecule has 0 atom stereocenters. The average Bonchev–Trinajstić information content (AvgIpc) is 3.14. The van der Waals surface area contributed by atoms with E-state index in [2.05, 4.69) is 10.6 Å². The number of nitrogens with one attached hydrogen (secondary N) is 2.